The summed E-state index contributed by atoms with van der Waals surface area (Å²) in [4.78, 5) is 8.99. The molecule has 2 heterocycles. The van der Waals surface area contributed by atoms with Gasteiger partial charge in [-0.15, -0.1) is 5.54 Å². The zero-order valence-corrected chi connectivity index (χ0v) is 24.2. The summed E-state index contributed by atoms with van der Waals surface area (Å²) in [6.45, 7) is 9.06. The predicted molar refractivity (Wildman–Crippen MR) is 155 cm³/mol. The Balaban J connectivity index is 1.53. The smallest absolute Gasteiger partial charge is 0.168 e. The van der Waals surface area contributed by atoms with Gasteiger partial charge in [0.1, 0.15) is 33.4 Å². The number of ether oxygens (including phenoxy) is 4. The highest BCUT2D eigenvalue weighted by Crippen LogP contribution is 2.29. The number of fused-ring (bicyclic) bond motifs is 1. The highest BCUT2D eigenvalue weighted by Gasteiger charge is 2.13. The van der Waals surface area contributed by atoms with Gasteiger partial charge in [0, 0.05) is 26.3 Å². The van der Waals surface area contributed by atoms with Crippen LogP contribution in [0.25, 0.3) is 16.7 Å². The SMILES string of the molecule is COCCOc1ccc(CNc2ncnc3c2cnn3-c2cccc(C#C[Si](C)(C)C)c2)cc1OCCOC. The quantitative estimate of drug-likeness (QED) is 0.156. The van der Waals surface area contributed by atoms with E-state index in [0.29, 0.717) is 55.9 Å². The zero-order valence-electron chi connectivity index (χ0n) is 23.2. The van der Waals surface area contributed by atoms with Crippen molar-refractivity contribution in [1.29, 1.82) is 0 Å². The number of hydrogen-bond donors (Lipinski definition) is 1. The van der Waals surface area contributed by atoms with E-state index in [1.54, 1.807) is 26.7 Å². The first kappa shape index (κ1) is 28.1. The van der Waals surface area contributed by atoms with Gasteiger partial charge in [0.15, 0.2) is 17.1 Å². The molecule has 0 saturated carbocycles. The number of methoxy groups -OCH3 is 2. The Labute approximate surface area is 230 Å². The lowest BCUT2D eigenvalue weighted by Gasteiger charge is -2.14. The molecule has 0 aliphatic heterocycles. The van der Waals surface area contributed by atoms with E-state index in [-0.39, 0.29) is 0 Å². The number of hydrogen-bond acceptors (Lipinski definition) is 8. The third-order valence-electron chi connectivity index (χ3n) is 5.60. The third-order valence-corrected chi connectivity index (χ3v) is 6.47. The van der Waals surface area contributed by atoms with Gasteiger partial charge in [-0.3, -0.25) is 0 Å². The number of aromatic nitrogens is 4. The molecule has 0 atom stereocenters. The summed E-state index contributed by atoms with van der Waals surface area (Å²) in [6.07, 6.45) is 3.33. The van der Waals surface area contributed by atoms with Gasteiger partial charge in [0.05, 0.1) is 30.5 Å². The molecule has 0 aliphatic rings. The van der Waals surface area contributed by atoms with Crippen LogP contribution in [0.15, 0.2) is 55.0 Å². The fourth-order valence-electron chi connectivity index (χ4n) is 3.70. The Morgan fingerprint density at radius 1 is 0.897 bits per heavy atom. The van der Waals surface area contributed by atoms with Crippen LogP contribution < -0.4 is 14.8 Å². The predicted octanol–water partition coefficient (Wildman–Crippen LogP) is 4.71. The molecule has 4 rings (SSSR count). The molecule has 0 aliphatic carbocycles. The van der Waals surface area contributed by atoms with Crippen LogP contribution >= 0.6 is 0 Å². The first-order chi connectivity index (χ1) is 18.9. The minimum absolute atomic E-state index is 0.421. The number of benzene rings is 2. The van der Waals surface area contributed by atoms with Gasteiger partial charge in [-0.1, -0.05) is 37.7 Å². The lowest BCUT2D eigenvalue weighted by Crippen LogP contribution is -2.16. The van der Waals surface area contributed by atoms with Crippen molar-refractivity contribution in [3.05, 3.63) is 66.1 Å². The van der Waals surface area contributed by atoms with Crippen molar-refractivity contribution in [3.63, 3.8) is 0 Å². The van der Waals surface area contributed by atoms with Crippen LogP contribution in [0.1, 0.15) is 11.1 Å². The summed E-state index contributed by atoms with van der Waals surface area (Å²) < 4.78 is 23.7. The van der Waals surface area contributed by atoms with Crippen LogP contribution in [-0.4, -0.2) is 68.5 Å². The molecule has 4 aromatic rings. The lowest BCUT2D eigenvalue weighted by atomic mass is 10.2. The zero-order chi connectivity index (χ0) is 27.7. The fourth-order valence-corrected chi connectivity index (χ4v) is 4.22. The maximum atomic E-state index is 5.90. The number of rotatable bonds is 12. The molecule has 0 bridgehead atoms. The minimum Gasteiger partial charge on any atom is -0.487 e. The summed E-state index contributed by atoms with van der Waals surface area (Å²) in [7, 11) is 1.81. The molecule has 0 amide bonds. The van der Waals surface area contributed by atoms with Crippen LogP contribution in [0.5, 0.6) is 11.5 Å². The third kappa shape index (κ3) is 7.80. The van der Waals surface area contributed by atoms with Crippen molar-refractivity contribution < 1.29 is 18.9 Å². The second kappa shape index (κ2) is 13.2. The molecule has 10 heteroatoms. The van der Waals surface area contributed by atoms with E-state index in [1.807, 2.05) is 47.1 Å². The van der Waals surface area contributed by atoms with E-state index in [0.717, 1.165) is 22.2 Å². The second-order valence-corrected chi connectivity index (χ2v) is 14.6. The van der Waals surface area contributed by atoms with E-state index in [1.165, 1.54) is 0 Å². The maximum absolute atomic E-state index is 5.90. The normalized spacial score (nSPS) is 11.2. The monoisotopic (exact) mass is 545 g/mol. The average molecular weight is 546 g/mol. The molecular formula is C29H35N5O4Si. The van der Waals surface area contributed by atoms with Crippen LogP contribution in [0, 0.1) is 11.5 Å². The second-order valence-electron chi connectivity index (χ2n) is 9.88. The van der Waals surface area contributed by atoms with Crippen molar-refractivity contribution in [1.82, 2.24) is 19.7 Å². The Bertz CT molecular complexity index is 1460. The minimum atomic E-state index is -1.47. The van der Waals surface area contributed by atoms with E-state index in [9.17, 15) is 0 Å². The Kier molecular flexibility index (Phi) is 9.54. The van der Waals surface area contributed by atoms with E-state index >= 15 is 0 Å². The van der Waals surface area contributed by atoms with Gasteiger partial charge in [-0.2, -0.15) is 5.10 Å². The summed E-state index contributed by atoms with van der Waals surface area (Å²) in [5, 5.41) is 8.86. The van der Waals surface area contributed by atoms with E-state index in [4.69, 9.17) is 18.9 Å². The van der Waals surface area contributed by atoms with Crippen LogP contribution in [0.3, 0.4) is 0 Å². The molecule has 0 spiro atoms. The Morgan fingerprint density at radius 3 is 2.41 bits per heavy atom. The molecule has 0 saturated heterocycles. The van der Waals surface area contributed by atoms with Gasteiger partial charge in [0.25, 0.3) is 0 Å². The molecular weight excluding hydrogens is 510 g/mol. The summed E-state index contributed by atoms with van der Waals surface area (Å²) in [6, 6.07) is 13.9. The van der Waals surface area contributed by atoms with Gasteiger partial charge in [-0.25, -0.2) is 14.6 Å². The first-order valence-corrected chi connectivity index (χ1v) is 16.3. The molecule has 2 aromatic heterocycles. The summed E-state index contributed by atoms with van der Waals surface area (Å²) in [5.41, 5.74) is 7.01. The largest absolute Gasteiger partial charge is 0.487 e. The van der Waals surface area contributed by atoms with Crippen molar-refractivity contribution in [2.24, 2.45) is 0 Å². The molecule has 1 N–H and O–H groups in total. The van der Waals surface area contributed by atoms with Crippen molar-refractivity contribution in [3.8, 4) is 28.7 Å². The molecule has 0 fully saturated rings. The van der Waals surface area contributed by atoms with Gasteiger partial charge >= 0.3 is 0 Å². The molecule has 0 radical (unpaired) electrons. The van der Waals surface area contributed by atoms with E-state index < -0.39 is 8.07 Å². The van der Waals surface area contributed by atoms with Crippen LogP contribution in [-0.2, 0) is 16.0 Å². The number of nitrogens with zero attached hydrogens (tertiary/aromatic N) is 4. The molecule has 204 valence electrons. The Morgan fingerprint density at radius 2 is 1.67 bits per heavy atom. The van der Waals surface area contributed by atoms with Gasteiger partial charge in [0.2, 0.25) is 0 Å². The molecule has 2 aromatic carbocycles. The highest BCUT2D eigenvalue weighted by molar-refractivity contribution is 6.83. The molecule has 9 nitrogen and oxygen atoms in total. The standard InChI is InChI=1S/C29H35N5O4Si/c1-35-12-14-37-26-10-9-23(18-27(26)38-15-13-36-2)19-30-28-25-20-33-34(29(25)32-21-31-28)24-8-6-7-22(17-24)11-16-39(3,4)5/h6-10,17-18,20-21H,12-15,19H2,1-5H3,(H,30,31,32). The lowest BCUT2D eigenvalue weighted by molar-refractivity contribution is 0.132. The van der Waals surface area contributed by atoms with Crippen LogP contribution in [0.4, 0.5) is 5.82 Å². The number of nitrogens with one attached hydrogen (secondary N) is 1. The fraction of sp³-hybridized carbons (Fsp3) is 0.345. The molecule has 0 unspecified atom stereocenters. The summed E-state index contributed by atoms with van der Waals surface area (Å²) in [5.74, 6) is 5.33. The first-order valence-electron chi connectivity index (χ1n) is 12.8. The van der Waals surface area contributed by atoms with Gasteiger partial charge in [-0.05, 0) is 35.9 Å². The maximum Gasteiger partial charge on any atom is 0.168 e. The van der Waals surface area contributed by atoms with Crippen molar-refractivity contribution >= 4 is 24.9 Å². The van der Waals surface area contributed by atoms with E-state index in [2.05, 4.69) is 51.5 Å². The average Bonchev–Trinajstić information content (AvgIpc) is 3.37. The highest BCUT2D eigenvalue weighted by atomic mass is 28.3. The molecule has 39 heavy (non-hydrogen) atoms. The van der Waals surface area contributed by atoms with Crippen molar-refractivity contribution in [2.45, 2.75) is 26.2 Å². The van der Waals surface area contributed by atoms with Crippen molar-refractivity contribution in [2.75, 3.05) is 46.0 Å². The van der Waals surface area contributed by atoms with Gasteiger partial charge < -0.3 is 24.3 Å². The Hall–Kier alpha value is -3.91. The summed E-state index contributed by atoms with van der Waals surface area (Å²) >= 11 is 0. The van der Waals surface area contributed by atoms with Crippen LogP contribution in [0.2, 0.25) is 19.6 Å². The topological polar surface area (TPSA) is 92.6 Å². The number of anilines is 1.